The third kappa shape index (κ3) is 4.62. The van der Waals surface area contributed by atoms with Gasteiger partial charge in [-0.25, -0.2) is 4.39 Å². The van der Waals surface area contributed by atoms with Gasteiger partial charge in [-0.05, 0) is 30.3 Å². The Morgan fingerprint density at radius 1 is 1.11 bits per heavy atom. The van der Waals surface area contributed by atoms with E-state index >= 15 is 0 Å². The van der Waals surface area contributed by atoms with Gasteiger partial charge >= 0.3 is 0 Å². The lowest BCUT2D eigenvalue weighted by atomic mass is 10.3. The molecular formula is C19H20FN5O3. The van der Waals surface area contributed by atoms with Gasteiger partial charge in [-0.15, -0.1) is 10.2 Å². The second kappa shape index (κ2) is 8.32. The Labute approximate surface area is 160 Å². The fourth-order valence-electron chi connectivity index (χ4n) is 3.08. The largest absolute Gasteiger partial charge is 0.459 e. The van der Waals surface area contributed by atoms with Gasteiger partial charge in [0.1, 0.15) is 5.82 Å². The number of anilines is 1. The van der Waals surface area contributed by atoms with Gasteiger partial charge in [-0.3, -0.25) is 14.6 Å². The normalized spacial score (nSPS) is 15.6. The van der Waals surface area contributed by atoms with Crippen LogP contribution in [0.25, 0.3) is 11.7 Å². The van der Waals surface area contributed by atoms with Crippen LogP contribution < -0.4 is 5.32 Å². The Morgan fingerprint density at radius 3 is 2.68 bits per heavy atom. The van der Waals surface area contributed by atoms with Gasteiger partial charge in [-0.2, -0.15) is 0 Å². The predicted molar refractivity (Wildman–Crippen MR) is 98.7 cm³/mol. The molecule has 0 radical (unpaired) electrons. The average Bonchev–Trinajstić information content (AvgIpc) is 3.35. The van der Waals surface area contributed by atoms with E-state index in [0.717, 1.165) is 26.2 Å². The molecular weight excluding hydrogens is 365 g/mol. The summed E-state index contributed by atoms with van der Waals surface area (Å²) in [5.74, 6) is 0.922. The van der Waals surface area contributed by atoms with Gasteiger partial charge in [0.2, 0.25) is 11.8 Å². The van der Waals surface area contributed by atoms with E-state index in [0.29, 0.717) is 29.8 Å². The molecule has 1 fully saturated rings. The maximum absolute atomic E-state index is 13.2. The number of nitrogens with zero attached hydrogens (tertiary/aromatic N) is 4. The number of piperazine rings is 1. The fraction of sp³-hybridized carbons (Fsp3) is 0.316. The zero-order valence-corrected chi connectivity index (χ0v) is 15.2. The number of hydrogen-bond acceptors (Lipinski definition) is 7. The fourth-order valence-corrected chi connectivity index (χ4v) is 3.08. The summed E-state index contributed by atoms with van der Waals surface area (Å²) in [6.07, 6.45) is 1.56. The highest BCUT2D eigenvalue weighted by molar-refractivity contribution is 5.92. The van der Waals surface area contributed by atoms with Gasteiger partial charge in [0.15, 0.2) is 5.76 Å². The van der Waals surface area contributed by atoms with Crippen molar-refractivity contribution in [2.45, 2.75) is 6.54 Å². The lowest BCUT2D eigenvalue weighted by molar-refractivity contribution is -0.117. The third-order valence-corrected chi connectivity index (χ3v) is 4.50. The molecule has 0 saturated carbocycles. The number of nitrogens with one attached hydrogen (secondary N) is 1. The molecule has 1 N–H and O–H groups in total. The van der Waals surface area contributed by atoms with Gasteiger partial charge in [0, 0.05) is 31.9 Å². The molecule has 0 spiro atoms. The van der Waals surface area contributed by atoms with E-state index in [4.69, 9.17) is 8.83 Å². The Balaban J connectivity index is 1.23. The van der Waals surface area contributed by atoms with Crippen LogP contribution in [0.15, 0.2) is 51.5 Å². The lowest BCUT2D eigenvalue weighted by Crippen LogP contribution is -2.48. The van der Waals surface area contributed by atoms with Crippen molar-refractivity contribution < 1.29 is 18.0 Å². The summed E-state index contributed by atoms with van der Waals surface area (Å²) in [5, 5.41) is 10.8. The summed E-state index contributed by atoms with van der Waals surface area (Å²) < 4.78 is 24.1. The van der Waals surface area contributed by atoms with E-state index in [9.17, 15) is 9.18 Å². The SMILES string of the molecule is O=C(CN1CCN(Cc2nnc(-c3ccco3)o2)CC1)Nc1cccc(F)c1. The van der Waals surface area contributed by atoms with Crippen LogP contribution in [-0.2, 0) is 11.3 Å². The summed E-state index contributed by atoms with van der Waals surface area (Å²) in [6, 6.07) is 9.42. The van der Waals surface area contributed by atoms with E-state index in [1.54, 1.807) is 30.5 Å². The summed E-state index contributed by atoms with van der Waals surface area (Å²) >= 11 is 0. The van der Waals surface area contributed by atoms with Gasteiger partial charge in [0.05, 0.1) is 19.4 Å². The van der Waals surface area contributed by atoms with Crippen LogP contribution >= 0.6 is 0 Å². The van der Waals surface area contributed by atoms with E-state index < -0.39 is 0 Å². The minimum atomic E-state index is -0.373. The molecule has 4 rings (SSSR count). The van der Waals surface area contributed by atoms with Crippen LogP contribution in [0.3, 0.4) is 0 Å². The molecule has 1 saturated heterocycles. The number of amides is 1. The Kier molecular flexibility index (Phi) is 5.45. The molecule has 1 aliphatic rings. The number of furan rings is 1. The number of benzene rings is 1. The second-order valence-electron chi connectivity index (χ2n) is 6.59. The van der Waals surface area contributed by atoms with E-state index in [-0.39, 0.29) is 18.3 Å². The van der Waals surface area contributed by atoms with Crippen LogP contribution in [0, 0.1) is 5.82 Å². The molecule has 1 amide bonds. The van der Waals surface area contributed by atoms with Gasteiger partial charge in [-0.1, -0.05) is 6.07 Å². The maximum atomic E-state index is 13.2. The van der Waals surface area contributed by atoms with Crippen molar-refractivity contribution in [3.8, 4) is 11.7 Å². The van der Waals surface area contributed by atoms with E-state index in [1.165, 1.54) is 12.1 Å². The standard InChI is InChI=1S/C19H20FN5O3/c20-14-3-1-4-15(11-14)21-17(26)12-24-6-8-25(9-7-24)13-18-22-23-19(28-18)16-5-2-10-27-16/h1-5,10-11H,6-9,12-13H2,(H,21,26). The van der Waals surface area contributed by atoms with Crippen molar-refractivity contribution >= 4 is 11.6 Å². The minimum Gasteiger partial charge on any atom is -0.459 e. The van der Waals surface area contributed by atoms with Crippen molar-refractivity contribution in [1.29, 1.82) is 0 Å². The first-order valence-corrected chi connectivity index (χ1v) is 9.02. The lowest BCUT2D eigenvalue weighted by Gasteiger charge is -2.33. The Hall–Kier alpha value is -3.04. The van der Waals surface area contributed by atoms with Gasteiger partial charge in [0.25, 0.3) is 5.89 Å². The zero-order valence-electron chi connectivity index (χ0n) is 15.2. The summed E-state index contributed by atoms with van der Waals surface area (Å²) in [5.41, 5.74) is 0.465. The van der Waals surface area contributed by atoms with E-state index in [2.05, 4.69) is 25.3 Å². The van der Waals surface area contributed by atoms with Crippen molar-refractivity contribution in [3.63, 3.8) is 0 Å². The smallest absolute Gasteiger partial charge is 0.283 e. The number of halogens is 1. The molecule has 2 aromatic heterocycles. The molecule has 0 atom stereocenters. The van der Waals surface area contributed by atoms with Crippen LogP contribution in [0.1, 0.15) is 5.89 Å². The molecule has 3 heterocycles. The molecule has 0 bridgehead atoms. The highest BCUT2D eigenvalue weighted by atomic mass is 19.1. The molecule has 1 aliphatic heterocycles. The number of carbonyl (C=O) groups excluding carboxylic acids is 1. The maximum Gasteiger partial charge on any atom is 0.283 e. The first-order chi connectivity index (χ1) is 13.7. The molecule has 0 aliphatic carbocycles. The molecule has 3 aromatic rings. The number of rotatable bonds is 6. The Morgan fingerprint density at radius 2 is 1.93 bits per heavy atom. The predicted octanol–water partition coefficient (Wildman–Crippen LogP) is 2.22. The molecule has 8 nitrogen and oxygen atoms in total. The molecule has 0 unspecified atom stereocenters. The summed E-state index contributed by atoms with van der Waals surface area (Å²) in [7, 11) is 0. The van der Waals surface area contributed by atoms with Crippen LogP contribution in [-0.4, -0.2) is 58.6 Å². The number of aromatic nitrogens is 2. The number of carbonyl (C=O) groups is 1. The first-order valence-electron chi connectivity index (χ1n) is 9.02. The first kappa shape index (κ1) is 18.3. The van der Waals surface area contributed by atoms with Crippen molar-refractivity contribution in [1.82, 2.24) is 20.0 Å². The highest BCUT2D eigenvalue weighted by Crippen LogP contribution is 2.19. The van der Waals surface area contributed by atoms with Crippen LogP contribution in [0.5, 0.6) is 0 Å². The van der Waals surface area contributed by atoms with Crippen LogP contribution in [0.2, 0.25) is 0 Å². The molecule has 9 heteroatoms. The summed E-state index contributed by atoms with van der Waals surface area (Å²) in [6.45, 7) is 3.88. The van der Waals surface area contributed by atoms with Crippen LogP contribution in [0.4, 0.5) is 10.1 Å². The van der Waals surface area contributed by atoms with Crippen molar-refractivity contribution in [2.24, 2.45) is 0 Å². The zero-order chi connectivity index (χ0) is 19.3. The molecule has 146 valence electrons. The minimum absolute atomic E-state index is 0.154. The number of hydrogen-bond donors (Lipinski definition) is 1. The monoisotopic (exact) mass is 385 g/mol. The average molecular weight is 385 g/mol. The molecule has 28 heavy (non-hydrogen) atoms. The van der Waals surface area contributed by atoms with Crippen molar-refractivity contribution in [2.75, 3.05) is 38.0 Å². The van der Waals surface area contributed by atoms with Gasteiger partial charge < -0.3 is 14.2 Å². The topological polar surface area (TPSA) is 87.6 Å². The second-order valence-corrected chi connectivity index (χ2v) is 6.59. The molecule has 1 aromatic carbocycles. The quantitative estimate of drug-likeness (QED) is 0.696. The van der Waals surface area contributed by atoms with Crippen molar-refractivity contribution in [3.05, 3.63) is 54.4 Å². The Bertz CT molecular complexity index is 919. The third-order valence-electron chi connectivity index (χ3n) is 4.50. The highest BCUT2D eigenvalue weighted by Gasteiger charge is 2.21. The summed E-state index contributed by atoms with van der Waals surface area (Å²) in [4.78, 5) is 16.4. The van der Waals surface area contributed by atoms with E-state index in [1.807, 2.05) is 0 Å².